The molecule has 2 amide bonds. The van der Waals surface area contributed by atoms with Crippen molar-refractivity contribution in [3.63, 3.8) is 0 Å². The highest BCUT2D eigenvalue weighted by molar-refractivity contribution is 6.30. The maximum atomic E-state index is 13.2. The van der Waals surface area contributed by atoms with Crippen LogP contribution in [0.3, 0.4) is 0 Å². The van der Waals surface area contributed by atoms with Crippen molar-refractivity contribution < 1.29 is 9.59 Å². The zero-order chi connectivity index (χ0) is 18.3. The Morgan fingerprint density at radius 1 is 1.23 bits per heavy atom. The number of carbonyl (C=O) groups is 2. The van der Waals surface area contributed by atoms with Crippen LogP contribution in [0.1, 0.15) is 25.0 Å². The van der Waals surface area contributed by atoms with Gasteiger partial charge in [-0.3, -0.25) is 9.59 Å². The molecule has 2 aromatic rings. The standard InChI is InChI=1S/C20H22ClN3O2/c1-22-10-2-3-18(22)13-24(17-8-9-17)20(26)14-11-19(25)23(12-14)16-6-4-15(21)5-7-16/h2-7,10,14,17H,8-9,11-13H2,1H3/t14-/m1/s1. The second kappa shape index (κ2) is 6.80. The molecular weight excluding hydrogens is 350 g/mol. The first-order valence-corrected chi connectivity index (χ1v) is 9.37. The first kappa shape index (κ1) is 17.2. The summed E-state index contributed by atoms with van der Waals surface area (Å²) in [6.45, 7) is 1.05. The summed E-state index contributed by atoms with van der Waals surface area (Å²) >= 11 is 5.93. The number of nitrogens with zero attached hydrogens (tertiary/aromatic N) is 3. The van der Waals surface area contributed by atoms with Crippen molar-refractivity contribution >= 4 is 29.1 Å². The molecular formula is C20H22ClN3O2. The van der Waals surface area contributed by atoms with E-state index in [4.69, 9.17) is 11.6 Å². The Hall–Kier alpha value is -2.27. The highest BCUT2D eigenvalue weighted by atomic mass is 35.5. The number of amides is 2. The van der Waals surface area contributed by atoms with E-state index in [-0.39, 0.29) is 24.2 Å². The number of rotatable bonds is 5. The lowest BCUT2D eigenvalue weighted by Crippen LogP contribution is -2.39. The van der Waals surface area contributed by atoms with E-state index >= 15 is 0 Å². The van der Waals surface area contributed by atoms with Gasteiger partial charge in [0.1, 0.15) is 0 Å². The third kappa shape index (κ3) is 3.36. The van der Waals surface area contributed by atoms with Crippen LogP contribution in [0.15, 0.2) is 42.6 Å². The van der Waals surface area contributed by atoms with Gasteiger partial charge in [-0.2, -0.15) is 0 Å². The van der Waals surface area contributed by atoms with Crippen molar-refractivity contribution in [3.8, 4) is 0 Å². The normalized spacial score (nSPS) is 19.8. The minimum atomic E-state index is -0.279. The molecule has 1 aromatic carbocycles. The Bertz CT molecular complexity index is 826. The smallest absolute Gasteiger partial charge is 0.228 e. The Labute approximate surface area is 158 Å². The largest absolute Gasteiger partial charge is 0.353 e. The van der Waals surface area contributed by atoms with Gasteiger partial charge < -0.3 is 14.4 Å². The van der Waals surface area contributed by atoms with Crippen LogP contribution in [0.5, 0.6) is 0 Å². The summed E-state index contributed by atoms with van der Waals surface area (Å²) in [4.78, 5) is 29.3. The van der Waals surface area contributed by atoms with E-state index < -0.39 is 0 Å². The van der Waals surface area contributed by atoms with Gasteiger partial charge in [0, 0.05) is 48.7 Å². The van der Waals surface area contributed by atoms with Crippen molar-refractivity contribution in [2.75, 3.05) is 11.4 Å². The van der Waals surface area contributed by atoms with E-state index in [0.717, 1.165) is 24.2 Å². The summed E-state index contributed by atoms with van der Waals surface area (Å²) in [7, 11) is 1.99. The Kier molecular flexibility index (Phi) is 4.49. The molecule has 1 saturated carbocycles. The van der Waals surface area contributed by atoms with Crippen molar-refractivity contribution in [2.45, 2.75) is 31.8 Å². The quantitative estimate of drug-likeness (QED) is 0.810. The lowest BCUT2D eigenvalue weighted by Gasteiger charge is -2.26. The molecule has 2 fully saturated rings. The molecule has 1 saturated heterocycles. The van der Waals surface area contributed by atoms with Crippen LogP contribution in [0.25, 0.3) is 0 Å². The van der Waals surface area contributed by atoms with Gasteiger partial charge in [-0.15, -0.1) is 0 Å². The van der Waals surface area contributed by atoms with Gasteiger partial charge in [0.05, 0.1) is 12.5 Å². The highest BCUT2D eigenvalue weighted by Crippen LogP contribution is 2.33. The molecule has 6 heteroatoms. The van der Waals surface area contributed by atoms with E-state index in [9.17, 15) is 9.59 Å². The van der Waals surface area contributed by atoms with Crippen LogP contribution in [0, 0.1) is 5.92 Å². The number of halogens is 1. The van der Waals surface area contributed by atoms with Gasteiger partial charge in [-0.05, 0) is 49.2 Å². The molecule has 2 aliphatic rings. The molecule has 1 aliphatic heterocycles. The Morgan fingerprint density at radius 3 is 2.58 bits per heavy atom. The monoisotopic (exact) mass is 371 g/mol. The summed E-state index contributed by atoms with van der Waals surface area (Å²) < 4.78 is 2.04. The zero-order valence-electron chi connectivity index (χ0n) is 14.8. The maximum Gasteiger partial charge on any atom is 0.228 e. The molecule has 26 heavy (non-hydrogen) atoms. The third-order valence-corrected chi connectivity index (χ3v) is 5.52. The van der Waals surface area contributed by atoms with Crippen LogP contribution in [-0.4, -0.2) is 33.9 Å². The van der Waals surface area contributed by atoms with Crippen molar-refractivity contribution in [2.24, 2.45) is 13.0 Å². The molecule has 0 bridgehead atoms. The van der Waals surface area contributed by atoms with E-state index in [1.807, 2.05) is 47.0 Å². The minimum absolute atomic E-state index is 0.000265. The fraction of sp³-hybridized carbons (Fsp3) is 0.400. The van der Waals surface area contributed by atoms with Gasteiger partial charge in [0.15, 0.2) is 0 Å². The molecule has 1 aromatic heterocycles. The van der Waals surface area contributed by atoms with E-state index in [2.05, 4.69) is 0 Å². The number of anilines is 1. The second-order valence-corrected chi connectivity index (χ2v) is 7.63. The van der Waals surface area contributed by atoms with Gasteiger partial charge in [-0.1, -0.05) is 11.6 Å². The SMILES string of the molecule is Cn1cccc1CN(C(=O)[C@@H]1CC(=O)N(c2ccc(Cl)cc2)C1)C1CC1. The van der Waals surface area contributed by atoms with E-state index in [0.29, 0.717) is 24.2 Å². The van der Waals surface area contributed by atoms with Gasteiger partial charge in [0.2, 0.25) is 11.8 Å². The van der Waals surface area contributed by atoms with Crippen LogP contribution < -0.4 is 4.90 Å². The lowest BCUT2D eigenvalue weighted by molar-refractivity contribution is -0.137. The molecule has 4 rings (SSSR count). The van der Waals surface area contributed by atoms with E-state index in [1.54, 1.807) is 17.0 Å². The van der Waals surface area contributed by atoms with Crippen LogP contribution in [0.2, 0.25) is 5.02 Å². The van der Waals surface area contributed by atoms with Crippen LogP contribution >= 0.6 is 11.6 Å². The summed E-state index contributed by atoms with van der Waals surface area (Å²) in [5.74, 6) is -0.183. The zero-order valence-corrected chi connectivity index (χ0v) is 15.5. The second-order valence-electron chi connectivity index (χ2n) is 7.19. The minimum Gasteiger partial charge on any atom is -0.353 e. The molecule has 5 nitrogen and oxygen atoms in total. The predicted molar refractivity (Wildman–Crippen MR) is 101 cm³/mol. The summed E-state index contributed by atoms with van der Waals surface area (Å²) in [5.41, 5.74) is 1.92. The van der Waals surface area contributed by atoms with Gasteiger partial charge in [-0.25, -0.2) is 0 Å². The Morgan fingerprint density at radius 2 is 1.96 bits per heavy atom. The van der Waals surface area contributed by atoms with Crippen LogP contribution in [0.4, 0.5) is 5.69 Å². The average molecular weight is 372 g/mol. The summed E-state index contributed by atoms with van der Waals surface area (Å²) in [6, 6.07) is 11.5. The molecule has 0 N–H and O–H groups in total. The topological polar surface area (TPSA) is 45.6 Å². The Balaban J connectivity index is 1.49. The number of aromatic nitrogens is 1. The average Bonchev–Trinajstić information content (AvgIpc) is 3.28. The number of carbonyl (C=O) groups excluding carboxylic acids is 2. The molecule has 0 unspecified atom stereocenters. The summed E-state index contributed by atoms with van der Waals surface area (Å²) in [6.07, 6.45) is 4.37. The highest BCUT2D eigenvalue weighted by Gasteiger charge is 2.41. The van der Waals surface area contributed by atoms with Crippen LogP contribution in [-0.2, 0) is 23.2 Å². The molecule has 1 aliphatic carbocycles. The maximum absolute atomic E-state index is 13.2. The molecule has 2 heterocycles. The molecule has 0 spiro atoms. The predicted octanol–water partition coefficient (Wildman–Crippen LogP) is 3.22. The first-order valence-electron chi connectivity index (χ1n) is 8.99. The fourth-order valence-electron chi connectivity index (χ4n) is 3.59. The molecule has 136 valence electrons. The first-order chi connectivity index (χ1) is 12.5. The van der Waals surface area contributed by atoms with Gasteiger partial charge >= 0.3 is 0 Å². The van der Waals surface area contributed by atoms with Gasteiger partial charge in [0.25, 0.3) is 0 Å². The molecule has 0 radical (unpaired) electrons. The number of benzene rings is 1. The fourth-order valence-corrected chi connectivity index (χ4v) is 3.71. The van der Waals surface area contributed by atoms with Crippen molar-refractivity contribution in [3.05, 3.63) is 53.3 Å². The van der Waals surface area contributed by atoms with Crippen molar-refractivity contribution in [1.29, 1.82) is 0 Å². The molecule has 1 atom stereocenters. The third-order valence-electron chi connectivity index (χ3n) is 5.27. The summed E-state index contributed by atoms with van der Waals surface area (Å²) in [5, 5.41) is 0.635. The lowest BCUT2D eigenvalue weighted by atomic mass is 10.1. The number of aryl methyl sites for hydroxylation is 1. The van der Waals surface area contributed by atoms with Crippen molar-refractivity contribution in [1.82, 2.24) is 9.47 Å². The number of hydrogen-bond donors (Lipinski definition) is 0. The van der Waals surface area contributed by atoms with E-state index in [1.165, 1.54) is 0 Å². The number of hydrogen-bond acceptors (Lipinski definition) is 2.